The monoisotopic (exact) mass is 399 g/mol. The normalized spacial score (nSPS) is 23.9. The molecule has 28 heavy (non-hydrogen) atoms. The molecule has 1 fully saturated rings. The van der Waals surface area contributed by atoms with Crippen molar-refractivity contribution in [2.45, 2.75) is 43.2 Å². The predicted octanol–water partition coefficient (Wildman–Crippen LogP) is 3.30. The van der Waals surface area contributed by atoms with Gasteiger partial charge in [0.1, 0.15) is 0 Å². The van der Waals surface area contributed by atoms with Gasteiger partial charge in [0.15, 0.2) is 0 Å². The van der Waals surface area contributed by atoms with Gasteiger partial charge in [-0.05, 0) is 75.1 Å². The summed E-state index contributed by atoms with van der Waals surface area (Å²) in [7, 11) is 0.251. The van der Waals surface area contributed by atoms with Gasteiger partial charge < -0.3 is 10.2 Å². The van der Waals surface area contributed by atoms with Crippen LogP contribution in [0.5, 0.6) is 0 Å². The zero-order valence-corrected chi connectivity index (χ0v) is 17.7. The van der Waals surface area contributed by atoms with Crippen molar-refractivity contribution in [2.75, 3.05) is 31.5 Å². The Labute approximate surface area is 168 Å². The number of hydrogen-bond donors (Lipinski definition) is 1. The first-order valence-corrected chi connectivity index (χ1v) is 11.5. The minimum absolute atomic E-state index is 0.141. The van der Waals surface area contributed by atoms with Crippen LogP contribution in [0, 0.1) is 6.92 Å². The zero-order valence-electron chi connectivity index (χ0n) is 16.9. The molecule has 1 saturated heterocycles. The zero-order chi connectivity index (χ0) is 19.9. The fourth-order valence-electron chi connectivity index (χ4n) is 4.52. The SMILES string of the molecule is Cc1ccc2c(c1)S(=O)(=O)N(C)c1ccccc1C2NCCC1CCCN1C. The second kappa shape index (κ2) is 7.50. The van der Waals surface area contributed by atoms with E-state index < -0.39 is 10.0 Å². The second-order valence-corrected chi connectivity index (χ2v) is 9.96. The molecule has 0 saturated carbocycles. The van der Waals surface area contributed by atoms with Crippen LogP contribution in [-0.2, 0) is 10.0 Å². The molecule has 2 aromatic carbocycles. The van der Waals surface area contributed by atoms with Crippen molar-refractivity contribution in [1.82, 2.24) is 10.2 Å². The van der Waals surface area contributed by atoms with E-state index in [0.717, 1.165) is 35.3 Å². The lowest BCUT2D eigenvalue weighted by Crippen LogP contribution is -2.31. The molecule has 2 aliphatic heterocycles. The van der Waals surface area contributed by atoms with Gasteiger partial charge >= 0.3 is 0 Å². The van der Waals surface area contributed by atoms with Gasteiger partial charge in [0, 0.05) is 13.1 Å². The number of rotatable bonds is 4. The highest BCUT2D eigenvalue weighted by Crippen LogP contribution is 2.40. The van der Waals surface area contributed by atoms with Gasteiger partial charge in [-0.1, -0.05) is 30.3 Å². The van der Waals surface area contributed by atoms with E-state index in [1.54, 1.807) is 13.1 Å². The van der Waals surface area contributed by atoms with Crippen molar-refractivity contribution in [1.29, 1.82) is 0 Å². The molecule has 1 N–H and O–H groups in total. The Morgan fingerprint density at radius 2 is 1.89 bits per heavy atom. The van der Waals surface area contributed by atoms with Gasteiger partial charge in [-0.3, -0.25) is 4.31 Å². The lowest BCUT2D eigenvalue weighted by molar-refractivity contribution is 0.291. The third-order valence-corrected chi connectivity index (χ3v) is 8.03. The van der Waals surface area contributed by atoms with Crippen molar-refractivity contribution in [3.05, 3.63) is 59.2 Å². The number of sulfonamides is 1. The first-order valence-electron chi connectivity index (χ1n) is 10.0. The van der Waals surface area contributed by atoms with Crippen molar-refractivity contribution < 1.29 is 8.42 Å². The summed E-state index contributed by atoms with van der Waals surface area (Å²) in [6.07, 6.45) is 3.57. The Balaban J connectivity index is 1.73. The van der Waals surface area contributed by atoms with E-state index >= 15 is 0 Å². The van der Waals surface area contributed by atoms with Crippen LogP contribution in [0.15, 0.2) is 47.4 Å². The Morgan fingerprint density at radius 3 is 2.64 bits per heavy atom. The predicted molar refractivity (Wildman–Crippen MR) is 113 cm³/mol. The number of aryl methyl sites for hydroxylation is 1. The molecule has 5 nitrogen and oxygen atoms in total. The highest BCUT2D eigenvalue weighted by Gasteiger charge is 2.34. The topological polar surface area (TPSA) is 52.7 Å². The lowest BCUT2D eigenvalue weighted by Gasteiger charge is -2.24. The van der Waals surface area contributed by atoms with E-state index in [2.05, 4.69) is 17.3 Å². The van der Waals surface area contributed by atoms with Crippen LogP contribution in [0.4, 0.5) is 5.69 Å². The summed E-state index contributed by atoms with van der Waals surface area (Å²) in [5, 5.41) is 3.68. The largest absolute Gasteiger partial charge is 0.306 e. The quantitative estimate of drug-likeness (QED) is 0.857. The molecular weight excluding hydrogens is 370 g/mol. The summed E-state index contributed by atoms with van der Waals surface area (Å²) in [6, 6.07) is 14.1. The fraction of sp³-hybridized carbons (Fsp3) is 0.455. The molecule has 0 spiro atoms. The van der Waals surface area contributed by atoms with E-state index in [9.17, 15) is 8.42 Å². The minimum atomic E-state index is -3.59. The van der Waals surface area contributed by atoms with Crippen LogP contribution in [-0.4, -0.2) is 46.5 Å². The van der Waals surface area contributed by atoms with E-state index in [4.69, 9.17) is 0 Å². The second-order valence-electron chi connectivity index (χ2n) is 8.03. The van der Waals surface area contributed by atoms with Crippen LogP contribution in [0.2, 0.25) is 0 Å². The highest BCUT2D eigenvalue weighted by atomic mass is 32.2. The summed E-state index contributed by atoms with van der Waals surface area (Å²) in [6.45, 7) is 3.96. The number of para-hydroxylation sites is 1. The van der Waals surface area contributed by atoms with Crippen LogP contribution >= 0.6 is 0 Å². The van der Waals surface area contributed by atoms with E-state index in [0.29, 0.717) is 10.9 Å². The minimum Gasteiger partial charge on any atom is -0.306 e. The number of likely N-dealkylation sites (tertiary alicyclic amines) is 1. The van der Waals surface area contributed by atoms with Gasteiger partial charge in [0.05, 0.1) is 16.6 Å². The van der Waals surface area contributed by atoms with Gasteiger partial charge in [0.25, 0.3) is 10.0 Å². The number of nitrogens with zero attached hydrogens (tertiary/aromatic N) is 2. The standard InChI is InChI=1S/C22H29N3O2S/c1-16-10-11-19-21(15-16)28(26,27)25(3)20-9-5-4-8-18(20)22(19)23-13-12-17-7-6-14-24(17)2/h4-5,8-11,15,17,22-23H,6-7,12-14H2,1-3H3. The number of benzene rings is 2. The molecule has 4 rings (SSSR count). The maximum atomic E-state index is 13.3. The number of hydrogen-bond acceptors (Lipinski definition) is 4. The Bertz CT molecular complexity index is 973. The highest BCUT2D eigenvalue weighted by molar-refractivity contribution is 7.92. The maximum absolute atomic E-state index is 13.3. The van der Waals surface area contributed by atoms with Crippen molar-refractivity contribution in [3.8, 4) is 0 Å². The summed E-state index contributed by atoms with van der Waals surface area (Å²) < 4.78 is 28.0. The molecule has 6 heteroatoms. The number of fused-ring (bicyclic) bond motifs is 2. The molecule has 2 aliphatic rings. The van der Waals surface area contributed by atoms with E-state index in [1.165, 1.54) is 23.7 Å². The van der Waals surface area contributed by atoms with Crippen LogP contribution < -0.4 is 9.62 Å². The first kappa shape index (κ1) is 19.4. The van der Waals surface area contributed by atoms with Gasteiger partial charge in [-0.15, -0.1) is 0 Å². The van der Waals surface area contributed by atoms with Crippen LogP contribution in [0.1, 0.15) is 42.0 Å². The average molecular weight is 400 g/mol. The lowest BCUT2D eigenvalue weighted by atomic mass is 9.96. The molecule has 2 unspecified atom stereocenters. The number of anilines is 1. The third-order valence-electron chi connectivity index (χ3n) is 6.20. The Hall–Kier alpha value is -1.89. The Morgan fingerprint density at radius 1 is 1.11 bits per heavy atom. The van der Waals surface area contributed by atoms with Crippen LogP contribution in [0.25, 0.3) is 0 Å². The molecule has 2 aromatic rings. The van der Waals surface area contributed by atoms with E-state index in [1.807, 2.05) is 43.3 Å². The summed E-state index contributed by atoms with van der Waals surface area (Å²) in [4.78, 5) is 2.83. The third kappa shape index (κ3) is 3.34. The molecule has 150 valence electrons. The molecular formula is C22H29N3O2S. The Kier molecular flexibility index (Phi) is 5.21. The van der Waals surface area contributed by atoms with E-state index in [-0.39, 0.29) is 6.04 Å². The molecule has 0 amide bonds. The molecule has 0 bridgehead atoms. The molecule has 0 aliphatic carbocycles. The molecule has 2 heterocycles. The van der Waals surface area contributed by atoms with Crippen molar-refractivity contribution in [3.63, 3.8) is 0 Å². The van der Waals surface area contributed by atoms with Crippen molar-refractivity contribution in [2.24, 2.45) is 0 Å². The molecule has 0 radical (unpaired) electrons. The molecule has 0 aromatic heterocycles. The molecule has 2 atom stereocenters. The summed E-state index contributed by atoms with van der Waals surface area (Å²) in [5.41, 5.74) is 3.54. The van der Waals surface area contributed by atoms with Gasteiger partial charge in [-0.2, -0.15) is 0 Å². The first-order chi connectivity index (χ1) is 13.4. The fourth-order valence-corrected chi connectivity index (χ4v) is 6.06. The smallest absolute Gasteiger partial charge is 0.264 e. The van der Waals surface area contributed by atoms with Gasteiger partial charge in [-0.25, -0.2) is 8.42 Å². The summed E-state index contributed by atoms with van der Waals surface area (Å²) in [5.74, 6) is 0. The average Bonchev–Trinajstić information content (AvgIpc) is 3.07. The summed E-state index contributed by atoms with van der Waals surface area (Å²) >= 11 is 0. The number of nitrogens with one attached hydrogen (secondary N) is 1. The van der Waals surface area contributed by atoms with Crippen LogP contribution in [0.3, 0.4) is 0 Å². The maximum Gasteiger partial charge on any atom is 0.264 e. The van der Waals surface area contributed by atoms with Crippen molar-refractivity contribution >= 4 is 15.7 Å². The van der Waals surface area contributed by atoms with Gasteiger partial charge in [0.2, 0.25) is 0 Å².